The molecule has 0 aromatic heterocycles. The fourth-order valence-corrected chi connectivity index (χ4v) is 3.84. The predicted molar refractivity (Wildman–Crippen MR) is 103 cm³/mol. The van der Waals surface area contributed by atoms with Gasteiger partial charge in [-0.15, -0.1) is 0 Å². The molecule has 1 unspecified atom stereocenters. The van der Waals surface area contributed by atoms with Crippen molar-refractivity contribution in [3.8, 4) is 0 Å². The van der Waals surface area contributed by atoms with Crippen LogP contribution in [0.15, 0.2) is 40.9 Å². The van der Waals surface area contributed by atoms with Gasteiger partial charge in [0.1, 0.15) is 0 Å². The molecule has 2 aromatic rings. The average Bonchev–Trinajstić information content (AvgIpc) is 2.44. The Bertz CT molecular complexity index is 613. The molecule has 0 heterocycles. The minimum atomic E-state index is 0.163. The molecular formula is C16H15BrCl2IN. The van der Waals surface area contributed by atoms with Gasteiger partial charge in [0.2, 0.25) is 0 Å². The van der Waals surface area contributed by atoms with Gasteiger partial charge in [-0.1, -0.05) is 52.1 Å². The van der Waals surface area contributed by atoms with E-state index in [4.69, 9.17) is 23.2 Å². The summed E-state index contributed by atoms with van der Waals surface area (Å²) in [5, 5.41) is 4.95. The highest BCUT2D eigenvalue weighted by atomic mass is 127. The van der Waals surface area contributed by atoms with E-state index in [1.807, 2.05) is 18.2 Å². The van der Waals surface area contributed by atoms with Crippen molar-refractivity contribution >= 4 is 61.7 Å². The molecule has 5 heteroatoms. The number of hydrogen-bond donors (Lipinski definition) is 1. The molecule has 0 radical (unpaired) electrons. The molecule has 0 aliphatic rings. The third-order valence-corrected chi connectivity index (χ3v) is 5.36. The van der Waals surface area contributed by atoms with E-state index in [0.717, 1.165) is 23.0 Å². The lowest BCUT2D eigenvalue weighted by atomic mass is 9.98. The maximum Gasteiger partial charge on any atom is 0.0453 e. The first-order valence-electron chi connectivity index (χ1n) is 6.64. The summed E-state index contributed by atoms with van der Waals surface area (Å²) in [7, 11) is 0. The van der Waals surface area contributed by atoms with Gasteiger partial charge in [-0.2, -0.15) is 0 Å². The second-order valence-electron chi connectivity index (χ2n) is 4.68. The molecular weight excluding hydrogens is 484 g/mol. The monoisotopic (exact) mass is 497 g/mol. The van der Waals surface area contributed by atoms with Crippen LogP contribution in [0.2, 0.25) is 10.0 Å². The van der Waals surface area contributed by atoms with E-state index in [9.17, 15) is 0 Å². The van der Waals surface area contributed by atoms with Crippen molar-refractivity contribution in [1.82, 2.24) is 5.32 Å². The van der Waals surface area contributed by atoms with E-state index >= 15 is 0 Å². The highest BCUT2D eigenvalue weighted by molar-refractivity contribution is 14.1. The summed E-state index contributed by atoms with van der Waals surface area (Å²) in [5.74, 6) is 0. The van der Waals surface area contributed by atoms with Crippen molar-refractivity contribution in [2.75, 3.05) is 6.54 Å². The Balaban J connectivity index is 2.38. The highest BCUT2D eigenvalue weighted by Crippen LogP contribution is 2.32. The van der Waals surface area contributed by atoms with Gasteiger partial charge in [0.05, 0.1) is 0 Å². The van der Waals surface area contributed by atoms with Crippen LogP contribution in [0.25, 0.3) is 0 Å². The van der Waals surface area contributed by atoms with Crippen LogP contribution in [0.3, 0.4) is 0 Å². The molecule has 21 heavy (non-hydrogen) atoms. The summed E-state index contributed by atoms with van der Waals surface area (Å²) in [4.78, 5) is 0. The lowest BCUT2D eigenvalue weighted by Gasteiger charge is -2.21. The molecule has 1 nitrogen and oxygen atoms in total. The van der Waals surface area contributed by atoms with Gasteiger partial charge in [0.15, 0.2) is 0 Å². The summed E-state index contributed by atoms with van der Waals surface area (Å²) in [5.41, 5.74) is 2.21. The third-order valence-electron chi connectivity index (χ3n) is 3.25. The van der Waals surface area contributed by atoms with Gasteiger partial charge >= 0.3 is 0 Å². The van der Waals surface area contributed by atoms with E-state index in [-0.39, 0.29) is 6.04 Å². The van der Waals surface area contributed by atoms with Crippen LogP contribution in [0, 0.1) is 3.57 Å². The lowest BCUT2D eigenvalue weighted by Crippen LogP contribution is -2.23. The fraction of sp³-hybridized carbons (Fsp3) is 0.250. The molecule has 2 rings (SSSR count). The van der Waals surface area contributed by atoms with Crippen molar-refractivity contribution in [3.05, 3.63) is 65.6 Å². The lowest BCUT2D eigenvalue weighted by molar-refractivity contribution is 0.548. The molecule has 0 aliphatic heterocycles. The highest BCUT2D eigenvalue weighted by Gasteiger charge is 2.17. The molecule has 0 amide bonds. The first-order chi connectivity index (χ1) is 10.0. The fourth-order valence-electron chi connectivity index (χ4n) is 2.25. The SMILES string of the molecule is CCNC(Cc1c(Cl)cccc1Cl)c1cc(I)ccc1Br. The Hall–Kier alpha value is 0.190. The van der Waals surface area contributed by atoms with E-state index < -0.39 is 0 Å². The Morgan fingerprint density at radius 2 is 1.86 bits per heavy atom. The maximum atomic E-state index is 6.31. The quantitative estimate of drug-likeness (QED) is 0.480. The molecule has 0 bridgehead atoms. The Labute approximate surface area is 157 Å². The van der Waals surface area contributed by atoms with Crippen molar-refractivity contribution in [2.45, 2.75) is 19.4 Å². The van der Waals surface area contributed by atoms with Gasteiger partial charge in [-0.3, -0.25) is 0 Å². The number of benzene rings is 2. The van der Waals surface area contributed by atoms with Crippen LogP contribution < -0.4 is 5.32 Å². The minimum Gasteiger partial charge on any atom is -0.310 e. The molecule has 0 saturated carbocycles. The van der Waals surface area contributed by atoms with Gasteiger partial charge in [0.25, 0.3) is 0 Å². The van der Waals surface area contributed by atoms with Crippen molar-refractivity contribution in [1.29, 1.82) is 0 Å². The smallest absolute Gasteiger partial charge is 0.0453 e. The number of rotatable bonds is 5. The molecule has 0 spiro atoms. The average molecular weight is 499 g/mol. The molecule has 2 aromatic carbocycles. The number of hydrogen-bond acceptors (Lipinski definition) is 1. The molecule has 1 atom stereocenters. The second kappa shape index (κ2) is 8.16. The maximum absolute atomic E-state index is 6.31. The first kappa shape index (κ1) is 17.5. The molecule has 0 fully saturated rings. The van der Waals surface area contributed by atoms with Crippen LogP contribution in [0.1, 0.15) is 24.1 Å². The van der Waals surface area contributed by atoms with E-state index in [1.165, 1.54) is 9.13 Å². The van der Waals surface area contributed by atoms with Crippen molar-refractivity contribution in [2.24, 2.45) is 0 Å². The van der Waals surface area contributed by atoms with E-state index in [0.29, 0.717) is 10.0 Å². The molecule has 0 saturated heterocycles. The van der Waals surface area contributed by atoms with Crippen LogP contribution in [0.5, 0.6) is 0 Å². The molecule has 1 N–H and O–H groups in total. The molecule has 0 aliphatic carbocycles. The van der Waals surface area contributed by atoms with E-state index in [1.54, 1.807) is 0 Å². The Morgan fingerprint density at radius 1 is 1.19 bits per heavy atom. The Kier molecular flexibility index (Phi) is 6.81. The zero-order chi connectivity index (χ0) is 15.4. The summed E-state index contributed by atoms with van der Waals surface area (Å²) in [6.45, 7) is 2.98. The van der Waals surface area contributed by atoms with Crippen LogP contribution in [-0.2, 0) is 6.42 Å². The topological polar surface area (TPSA) is 12.0 Å². The number of halogens is 4. The minimum absolute atomic E-state index is 0.163. The van der Waals surface area contributed by atoms with Crippen molar-refractivity contribution < 1.29 is 0 Å². The van der Waals surface area contributed by atoms with Crippen LogP contribution >= 0.6 is 61.7 Å². The standard InChI is InChI=1S/C16H15BrCl2IN/c1-2-21-16(11-8-10(20)6-7-13(11)17)9-12-14(18)4-3-5-15(12)19/h3-8,16,21H,2,9H2,1H3. The number of nitrogens with one attached hydrogen (secondary N) is 1. The van der Waals surface area contributed by atoms with Gasteiger partial charge in [-0.25, -0.2) is 0 Å². The van der Waals surface area contributed by atoms with Crippen LogP contribution in [0.4, 0.5) is 0 Å². The molecule has 112 valence electrons. The van der Waals surface area contributed by atoms with Crippen LogP contribution in [-0.4, -0.2) is 6.54 Å². The van der Waals surface area contributed by atoms with Gasteiger partial charge in [0, 0.05) is 24.1 Å². The summed E-state index contributed by atoms with van der Waals surface area (Å²) in [6, 6.07) is 12.2. The summed E-state index contributed by atoms with van der Waals surface area (Å²) >= 11 is 18.6. The number of likely N-dealkylation sites (N-methyl/N-ethyl adjacent to an activating group) is 1. The summed E-state index contributed by atoms with van der Waals surface area (Å²) in [6.07, 6.45) is 0.755. The van der Waals surface area contributed by atoms with Gasteiger partial charge in [-0.05, 0) is 77.0 Å². The summed E-state index contributed by atoms with van der Waals surface area (Å²) < 4.78 is 2.30. The largest absolute Gasteiger partial charge is 0.310 e. The normalized spacial score (nSPS) is 12.4. The predicted octanol–water partition coefficient (Wildman–Crippen LogP) is 6.25. The zero-order valence-corrected chi connectivity index (χ0v) is 16.7. The second-order valence-corrected chi connectivity index (χ2v) is 7.59. The Morgan fingerprint density at radius 3 is 2.48 bits per heavy atom. The third kappa shape index (κ3) is 4.58. The van der Waals surface area contributed by atoms with E-state index in [2.05, 4.69) is 69.0 Å². The van der Waals surface area contributed by atoms with Gasteiger partial charge < -0.3 is 5.32 Å². The van der Waals surface area contributed by atoms with Crippen molar-refractivity contribution in [3.63, 3.8) is 0 Å². The zero-order valence-electron chi connectivity index (χ0n) is 11.5. The first-order valence-corrected chi connectivity index (χ1v) is 9.27.